The van der Waals surface area contributed by atoms with Crippen molar-refractivity contribution in [1.82, 2.24) is 20.9 Å². The minimum absolute atomic E-state index is 0.0717. The van der Waals surface area contributed by atoms with Gasteiger partial charge in [0.2, 0.25) is 23.6 Å². The van der Waals surface area contributed by atoms with E-state index < -0.39 is 59.1 Å². The van der Waals surface area contributed by atoms with E-state index in [4.69, 9.17) is 15.2 Å². The molecule has 2 heterocycles. The fourth-order valence-corrected chi connectivity index (χ4v) is 6.49. The monoisotopic (exact) mass is 563 g/mol. The zero-order chi connectivity index (χ0) is 30.0. The van der Waals surface area contributed by atoms with Crippen molar-refractivity contribution in [2.24, 2.45) is 28.9 Å². The third-order valence-corrected chi connectivity index (χ3v) is 9.32. The van der Waals surface area contributed by atoms with Crippen LogP contribution in [0.3, 0.4) is 0 Å². The van der Waals surface area contributed by atoms with E-state index in [2.05, 4.69) is 16.0 Å². The van der Waals surface area contributed by atoms with Crippen LogP contribution in [0, 0.1) is 23.2 Å². The maximum absolute atomic E-state index is 14.0. The molecule has 2 aliphatic carbocycles. The van der Waals surface area contributed by atoms with Crippen LogP contribution in [0.25, 0.3) is 0 Å². The van der Waals surface area contributed by atoms with Crippen molar-refractivity contribution in [3.05, 3.63) is 0 Å². The highest BCUT2D eigenvalue weighted by atomic mass is 16.6. The molecule has 0 bridgehead atoms. The van der Waals surface area contributed by atoms with Crippen molar-refractivity contribution < 1.29 is 33.4 Å². The van der Waals surface area contributed by atoms with Gasteiger partial charge in [0, 0.05) is 25.1 Å². The van der Waals surface area contributed by atoms with Gasteiger partial charge in [-0.15, -0.1) is 0 Å². The molecule has 0 radical (unpaired) electrons. The Morgan fingerprint density at radius 2 is 1.75 bits per heavy atom. The van der Waals surface area contributed by atoms with Crippen molar-refractivity contribution in [3.8, 4) is 0 Å². The molecule has 224 valence electrons. The number of amides is 5. The molecule has 0 aromatic heterocycles. The first-order chi connectivity index (χ1) is 18.3. The Morgan fingerprint density at radius 1 is 1.12 bits per heavy atom. The van der Waals surface area contributed by atoms with Crippen molar-refractivity contribution in [2.75, 3.05) is 13.7 Å². The molecule has 5 amide bonds. The van der Waals surface area contributed by atoms with Gasteiger partial charge in [0.1, 0.15) is 23.7 Å². The summed E-state index contributed by atoms with van der Waals surface area (Å²) < 4.78 is 11.0. The number of carbonyl (C=O) groups excluding carboxylic acids is 5. The smallest absolute Gasteiger partial charge is 0.408 e. The SMILES string of the molecule is COC(C)(C)[C@H](NC(=O)OC(C)(C)C)C(=O)N1C[C@H]2[C@@H]([C@H]1C(=O)N[C@@H](C[C@@H]1CC3(CC3)NC1=O)C(N)=O)C2(C)C. The third-order valence-electron chi connectivity index (χ3n) is 9.32. The predicted octanol–water partition coefficient (Wildman–Crippen LogP) is 0.817. The molecule has 12 nitrogen and oxygen atoms in total. The normalized spacial score (nSPS) is 29.2. The van der Waals surface area contributed by atoms with Crippen molar-refractivity contribution >= 4 is 29.7 Å². The molecule has 0 aromatic rings. The average molecular weight is 564 g/mol. The standard InChI is InChI=1S/C28H45N5O7/c1-25(2,3)40-24(38)31-19(27(6,7)39-8)23(37)33-13-15-17(26(15,4)5)18(33)22(36)30-16(20(29)34)11-14-12-28(9-10-28)32-21(14)35/h14-19H,9-13H2,1-8H3,(H2,29,34)(H,30,36)(H,31,38)(H,32,35)/t14-,15+,16+,17+,18+,19-/m1/s1. The highest BCUT2D eigenvalue weighted by Crippen LogP contribution is 2.65. The second kappa shape index (κ2) is 9.88. The first kappa shape index (κ1) is 30.1. The maximum Gasteiger partial charge on any atom is 0.408 e. The molecule has 1 spiro atoms. The number of ether oxygens (including phenoxy) is 2. The van der Waals surface area contributed by atoms with E-state index >= 15 is 0 Å². The molecule has 6 atom stereocenters. The Kier molecular flexibility index (Phi) is 7.43. The summed E-state index contributed by atoms with van der Waals surface area (Å²) in [5.74, 6) is -2.33. The molecule has 4 rings (SSSR count). The third kappa shape index (κ3) is 5.77. The number of hydrogen-bond acceptors (Lipinski definition) is 7. The molecule has 4 aliphatic rings. The predicted molar refractivity (Wildman–Crippen MR) is 144 cm³/mol. The topological polar surface area (TPSA) is 169 Å². The minimum Gasteiger partial charge on any atom is -0.444 e. The van der Waals surface area contributed by atoms with E-state index in [0.717, 1.165) is 12.8 Å². The summed E-state index contributed by atoms with van der Waals surface area (Å²) in [6.45, 7) is 12.9. The number of piperidine rings is 1. The summed E-state index contributed by atoms with van der Waals surface area (Å²) >= 11 is 0. The zero-order valence-corrected chi connectivity index (χ0v) is 24.9. The van der Waals surface area contributed by atoms with Crippen LogP contribution in [0.2, 0.25) is 0 Å². The van der Waals surface area contributed by atoms with Gasteiger partial charge in [0.15, 0.2) is 0 Å². The van der Waals surface area contributed by atoms with Crippen LogP contribution in [0.5, 0.6) is 0 Å². The van der Waals surface area contributed by atoms with Crippen LogP contribution in [-0.4, -0.2) is 83.1 Å². The Labute approximate surface area is 235 Å². The van der Waals surface area contributed by atoms with E-state index in [9.17, 15) is 24.0 Å². The lowest BCUT2D eigenvalue weighted by molar-refractivity contribution is -0.148. The number of nitrogens with one attached hydrogen (secondary N) is 3. The van der Waals surface area contributed by atoms with Gasteiger partial charge < -0.3 is 36.1 Å². The second-order valence-electron chi connectivity index (χ2n) is 14.1. The molecule has 40 heavy (non-hydrogen) atoms. The Bertz CT molecular complexity index is 1090. The molecule has 4 fully saturated rings. The summed E-state index contributed by atoms with van der Waals surface area (Å²) in [5.41, 5.74) is 3.41. The number of hydrogen-bond donors (Lipinski definition) is 4. The maximum atomic E-state index is 14.0. The van der Waals surface area contributed by atoms with Crippen molar-refractivity contribution in [2.45, 2.75) is 109 Å². The van der Waals surface area contributed by atoms with Gasteiger partial charge in [-0.3, -0.25) is 19.2 Å². The lowest BCUT2D eigenvalue weighted by Crippen LogP contribution is -2.63. The number of rotatable bonds is 9. The van der Waals surface area contributed by atoms with Gasteiger partial charge in [-0.05, 0) is 77.6 Å². The summed E-state index contributed by atoms with van der Waals surface area (Å²) in [6.07, 6.45) is 1.76. The molecular formula is C28H45N5O7. The Balaban J connectivity index is 1.53. The van der Waals surface area contributed by atoms with E-state index in [1.807, 2.05) is 13.8 Å². The molecule has 2 saturated carbocycles. The van der Waals surface area contributed by atoms with Crippen molar-refractivity contribution in [1.29, 1.82) is 0 Å². The fraction of sp³-hybridized carbons (Fsp3) is 0.821. The van der Waals surface area contributed by atoms with E-state index in [1.165, 1.54) is 12.0 Å². The van der Waals surface area contributed by atoms with Crippen LogP contribution in [-0.2, 0) is 28.7 Å². The largest absolute Gasteiger partial charge is 0.444 e. The van der Waals surface area contributed by atoms with E-state index in [1.54, 1.807) is 34.6 Å². The summed E-state index contributed by atoms with van der Waals surface area (Å²) in [6, 6.07) is -3.08. The quantitative estimate of drug-likeness (QED) is 0.322. The Morgan fingerprint density at radius 3 is 2.25 bits per heavy atom. The lowest BCUT2D eigenvalue weighted by atomic mass is 9.93. The van der Waals surface area contributed by atoms with Gasteiger partial charge >= 0.3 is 6.09 Å². The molecule has 2 saturated heterocycles. The summed E-state index contributed by atoms with van der Waals surface area (Å²) in [4.78, 5) is 66.8. The molecule has 0 aromatic carbocycles. The van der Waals surface area contributed by atoms with Gasteiger partial charge in [-0.1, -0.05) is 13.8 Å². The van der Waals surface area contributed by atoms with Crippen molar-refractivity contribution in [3.63, 3.8) is 0 Å². The molecular weight excluding hydrogens is 518 g/mol. The Hall–Kier alpha value is -2.89. The summed E-state index contributed by atoms with van der Waals surface area (Å²) in [5, 5.41) is 8.42. The van der Waals surface area contributed by atoms with Gasteiger partial charge in [-0.2, -0.15) is 0 Å². The first-order valence-corrected chi connectivity index (χ1v) is 14.1. The highest BCUT2D eigenvalue weighted by Gasteiger charge is 2.70. The van der Waals surface area contributed by atoms with Gasteiger partial charge in [0.25, 0.3) is 0 Å². The number of methoxy groups -OCH3 is 1. The molecule has 0 unspecified atom stereocenters. The average Bonchev–Trinajstić information content (AvgIpc) is 3.54. The minimum atomic E-state index is -1.15. The number of alkyl carbamates (subject to hydrolysis) is 1. The first-order valence-electron chi connectivity index (χ1n) is 14.1. The van der Waals surface area contributed by atoms with Gasteiger partial charge in [-0.25, -0.2) is 4.79 Å². The second-order valence-corrected chi connectivity index (χ2v) is 14.1. The zero-order valence-electron chi connectivity index (χ0n) is 24.9. The number of carbonyl (C=O) groups is 5. The number of fused-ring (bicyclic) bond motifs is 1. The fourth-order valence-electron chi connectivity index (χ4n) is 6.49. The van der Waals surface area contributed by atoms with Gasteiger partial charge in [0.05, 0.1) is 5.60 Å². The highest BCUT2D eigenvalue weighted by molar-refractivity contribution is 5.95. The number of primary amides is 1. The van der Waals surface area contributed by atoms with Crippen LogP contribution in [0.1, 0.15) is 74.1 Å². The van der Waals surface area contributed by atoms with Crippen LogP contribution in [0.4, 0.5) is 4.79 Å². The van der Waals surface area contributed by atoms with E-state index in [-0.39, 0.29) is 35.1 Å². The van der Waals surface area contributed by atoms with Crippen LogP contribution >= 0.6 is 0 Å². The van der Waals surface area contributed by atoms with Crippen LogP contribution in [0.15, 0.2) is 0 Å². The lowest BCUT2D eigenvalue weighted by Gasteiger charge is -2.38. The molecule has 5 N–H and O–H groups in total. The van der Waals surface area contributed by atoms with Crippen LogP contribution < -0.4 is 21.7 Å². The summed E-state index contributed by atoms with van der Waals surface area (Å²) in [7, 11) is 1.44. The molecule has 12 heteroatoms. The molecule has 2 aliphatic heterocycles. The number of likely N-dealkylation sites (tertiary alicyclic amines) is 1. The van der Waals surface area contributed by atoms with E-state index in [0.29, 0.717) is 13.0 Å². The number of nitrogens with zero attached hydrogens (tertiary/aromatic N) is 1. The number of nitrogens with two attached hydrogens (primary N) is 1.